The summed E-state index contributed by atoms with van der Waals surface area (Å²) in [6.45, 7) is 8.76. The van der Waals surface area contributed by atoms with Crippen molar-refractivity contribution in [1.29, 1.82) is 0 Å². The van der Waals surface area contributed by atoms with E-state index in [-0.39, 0.29) is 0 Å². The SMILES string of the molecule is CCn1c(C)cc(CNC2CCSC2)c1C. The molecule has 2 rings (SSSR count). The molecule has 0 spiro atoms. The zero-order valence-electron chi connectivity index (χ0n) is 10.5. The van der Waals surface area contributed by atoms with E-state index in [4.69, 9.17) is 0 Å². The Kier molecular flexibility index (Phi) is 3.98. The number of thioether (sulfide) groups is 1. The summed E-state index contributed by atoms with van der Waals surface area (Å²) in [5.41, 5.74) is 4.28. The van der Waals surface area contributed by atoms with Gasteiger partial charge in [-0.1, -0.05) is 0 Å². The third-order valence-electron chi connectivity index (χ3n) is 3.51. The van der Waals surface area contributed by atoms with E-state index in [2.05, 4.69) is 48.5 Å². The minimum atomic E-state index is 0.731. The third kappa shape index (κ3) is 2.46. The molecule has 1 aromatic heterocycles. The first-order valence-corrected chi connectivity index (χ1v) is 7.34. The molecule has 3 heteroatoms. The Morgan fingerprint density at radius 3 is 2.88 bits per heavy atom. The van der Waals surface area contributed by atoms with Gasteiger partial charge in [0.1, 0.15) is 0 Å². The smallest absolute Gasteiger partial charge is 0.0226 e. The van der Waals surface area contributed by atoms with Gasteiger partial charge in [-0.05, 0) is 44.6 Å². The van der Waals surface area contributed by atoms with Crippen LogP contribution in [0.2, 0.25) is 0 Å². The van der Waals surface area contributed by atoms with Crippen molar-refractivity contribution >= 4 is 11.8 Å². The first kappa shape index (κ1) is 12.1. The lowest BCUT2D eigenvalue weighted by Crippen LogP contribution is -2.28. The van der Waals surface area contributed by atoms with Crippen LogP contribution in [0.5, 0.6) is 0 Å². The summed E-state index contributed by atoms with van der Waals surface area (Å²) in [5.74, 6) is 2.61. The first-order chi connectivity index (χ1) is 7.72. The van der Waals surface area contributed by atoms with Gasteiger partial charge in [-0.3, -0.25) is 0 Å². The van der Waals surface area contributed by atoms with Gasteiger partial charge >= 0.3 is 0 Å². The average Bonchev–Trinajstić information content (AvgIpc) is 2.85. The zero-order valence-corrected chi connectivity index (χ0v) is 11.4. The molecule has 90 valence electrons. The monoisotopic (exact) mass is 238 g/mol. The van der Waals surface area contributed by atoms with Gasteiger partial charge < -0.3 is 9.88 Å². The van der Waals surface area contributed by atoms with Gasteiger partial charge in [-0.15, -0.1) is 0 Å². The van der Waals surface area contributed by atoms with E-state index >= 15 is 0 Å². The van der Waals surface area contributed by atoms with Crippen molar-refractivity contribution in [2.24, 2.45) is 0 Å². The summed E-state index contributed by atoms with van der Waals surface area (Å²) >= 11 is 2.07. The number of nitrogens with one attached hydrogen (secondary N) is 1. The quantitative estimate of drug-likeness (QED) is 0.868. The standard InChI is InChI=1S/C13H22N2S/c1-4-15-10(2)7-12(11(15)3)8-14-13-5-6-16-9-13/h7,13-14H,4-6,8-9H2,1-3H3. The van der Waals surface area contributed by atoms with E-state index in [9.17, 15) is 0 Å². The van der Waals surface area contributed by atoms with Crippen LogP contribution in [0.4, 0.5) is 0 Å². The number of hydrogen-bond acceptors (Lipinski definition) is 2. The summed E-state index contributed by atoms with van der Waals surface area (Å²) in [7, 11) is 0. The van der Waals surface area contributed by atoms with Crippen LogP contribution in [-0.4, -0.2) is 22.1 Å². The van der Waals surface area contributed by atoms with Gasteiger partial charge in [0, 0.05) is 36.3 Å². The zero-order chi connectivity index (χ0) is 11.5. The Morgan fingerprint density at radius 1 is 1.50 bits per heavy atom. The largest absolute Gasteiger partial charge is 0.349 e. The van der Waals surface area contributed by atoms with Gasteiger partial charge in [0.15, 0.2) is 0 Å². The van der Waals surface area contributed by atoms with E-state index < -0.39 is 0 Å². The van der Waals surface area contributed by atoms with Crippen molar-refractivity contribution in [3.8, 4) is 0 Å². The van der Waals surface area contributed by atoms with Crippen molar-refractivity contribution in [1.82, 2.24) is 9.88 Å². The molecule has 0 aliphatic carbocycles. The minimum Gasteiger partial charge on any atom is -0.349 e. The number of aromatic nitrogens is 1. The number of aryl methyl sites for hydroxylation is 1. The van der Waals surface area contributed by atoms with Crippen molar-refractivity contribution in [3.63, 3.8) is 0 Å². The van der Waals surface area contributed by atoms with Crippen molar-refractivity contribution in [2.45, 2.75) is 46.3 Å². The molecule has 1 aromatic rings. The molecule has 0 amide bonds. The molecule has 0 aromatic carbocycles. The van der Waals surface area contributed by atoms with Gasteiger partial charge in [0.2, 0.25) is 0 Å². The van der Waals surface area contributed by atoms with Crippen LogP contribution in [0.25, 0.3) is 0 Å². The summed E-state index contributed by atoms with van der Waals surface area (Å²) in [4.78, 5) is 0. The second-order valence-electron chi connectivity index (χ2n) is 4.58. The molecule has 16 heavy (non-hydrogen) atoms. The summed E-state index contributed by atoms with van der Waals surface area (Å²) in [6.07, 6.45) is 1.33. The Bertz CT molecular complexity index is 351. The molecular formula is C13H22N2S. The lowest BCUT2D eigenvalue weighted by Gasteiger charge is -2.11. The van der Waals surface area contributed by atoms with E-state index in [1.807, 2.05) is 0 Å². The highest BCUT2D eigenvalue weighted by atomic mass is 32.2. The van der Waals surface area contributed by atoms with Crippen LogP contribution < -0.4 is 5.32 Å². The Hall–Kier alpha value is -0.410. The van der Waals surface area contributed by atoms with Crippen LogP contribution >= 0.6 is 11.8 Å². The predicted molar refractivity (Wildman–Crippen MR) is 72.1 cm³/mol. The summed E-state index contributed by atoms with van der Waals surface area (Å²) in [5, 5.41) is 3.67. The van der Waals surface area contributed by atoms with Gasteiger partial charge in [-0.25, -0.2) is 0 Å². The van der Waals surface area contributed by atoms with Gasteiger partial charge in [0.05, 0.1) is 0 Å². The second kappa shape index (κ2) is 5.28. The Balaban J connectivity index is 1.98. The number of hydrogen-bond donors (Lipinski definition) is 1. The molecule has 1 unspecified atom stereocenters. The molecule has 1 saturated heterocycles. The number of nitrogens with zero attached hydrogens (tertiary/aromatic N) is 1. The molecule has 1 aliphatic heterocycles. The normalized spacial score (nSPS) is 20.6. The summed E-state index contributed by atoms with van der Waals surface area (Å²) < 4.78 is 2.39. The molecule has 1 aliphatic rings. The molecule has 0 bridgehead atoms. The molecule has 1 fully saturated rings. The fourth-order valence-electron chi connectivity index (χ4n) is 2.49. The van der Waals surface area contributed by atoms with Crippen LogP contribution in [0, 0.1) is 13.8 Å². The van der Waals surface area contributed by atoms with E-state index in [0.717, 1.165) is 19.1 Å². The maximum atomic E-state index is 3.67. The average molecular weight is 238 g/mol. The van der Waals surface area contributed by atoms with Crippen molar-refractivity contribution < 1.29 is 0 Å². The number of rotatable bonds is 4. The maximum Gasteiger partial charge on any atom is 0.0226 e. The van der Waals surface area contributed by atoms with Crippen molar-refractivity contribution in [2.75, 3.05) is 11.5 Å². The van der Waals surface area contributed by atoms with Gasteiger partial charge in [0.25, 0.3) is 0 Å². The van der Waals surface area contributed by atoms with E-state index in [1.54, 1.807) is 0 Å². The van der Waals surface area contributed by atoms with E-state index in [1.165, 1.54) is 34.9 Å². The van der Waals surface area contributed by atoms with Crippen LogP contribution in [-0.2, 0) is 13.1 Å². The molecular weight excluding hydrogens is 216 g/mol. The molecule has 2 heterocycles. The Morgan fingerprint density at radius 2 is 2.31 bits per heavy atom. The van der Waals surface area contributed by atoms with Crippen LogP contribution in [0.15, 0.2) is 6.07 Å². The lowest BCUT2D eigenvalue weighted by molar-refractivity contribution is 0.555. The highest BCUT2D eigenvalue weighted by Gasteiger charge is 2.15. The lowest BCUT2D eigenvalue weighted by atomic mass is 10.2. The Labute approximate surface area is 103 Å². The van der Waals surface area contributed by atoms with Crippen molar-refractivity contribution in [3.05, 3.63) is 23.0 Å². The van der Waals surface area contributed by atoms with Crippen LogP contribution in [0.1, 0.15) is 30.3 Å². The van der Waals surface area contributed by atoms with E-state index in [0.29, 0.717) is 0 Å². The topological polar surface area (TPSA) is 17.0 Å². The molecule has 1 N–H and O–H groups in total. The maximum absolute atomic E-state index is 3.67. The highest BCUT2D eigenvalue weighted by molar-refractivity contribution is 7.99. The highest BCUT2D eigenvalue weighted by Crippen LogP contribution is 2.19. The fraction of sp³-hybridized carbons (Fsp3) is 0.692. The molecule has 0 saturated carbocycles. The fourth-order valence-corrected chi connectivity index (χ4v) is 3.67. The summed E-state index contributed by atoms with van der Waals surface area (Å²) in [6, 6.07) is 3.06. The molecule has 1 atom stereocenters. The first-order valence-electron chi connectivity index (χ1n) is 6.19. The third-order valence-corrected chi connectivity index (χ3v) is 4.67. The molecule has 2 nitrogen and oxygen atoms in total. The second-order valence-corrected chi connectivity index (χ2v) is 5.73. The van der Waals surface area contributed by atoms with Gasteiger partial charge in [-0.2, -0.15) is 11.8 Å². The minimum absolute atomic E-state index is 0.731. The van der Waals surface area contributed by atoms with Crippen LogP contribution in [0.3, 0.4) is 0 Å². The molecule has 0 radical (unpaired) electrons. The predicted octanol–water partition coefficient (Wildman–Crippen LogP) is 2.72.